The maximum atomic E-state index is 13.9. The van der Waals surface area contributed by atoms with Gasteiger partial charge in [-0.15, -0.1) is 11.6 Å². The molecule has 21 heavy (non-hydrogen) atoms. The Hall–Kier alpha value is -1.88. The van der Waals surface area contributed by atoms with Gasteiger partial charge in [-0.2, -0.15) is 5.10 Å². The third-order valence-corrected chi connectivity index (χ3v) is 3.63. The summed E-state index contributed by atoms with van der Waals surface area (Å²) in [6.45, 7) is 5.17. The number of rotatable bonds is 4. The van der Waals surface area contributed by atoms with E-state index in [9.17, 15) is 4.39 Å². The number of hydrogen-bond donors (Lipinski definition) is 0. The van der Waals surface area contributed by atoms with Gasteiger partial charge in [0.2, 0.25) is 0 Å². The van der Waals surface area contributed by atoms with Crippen LogP contribution in [0.3, 0.4) is 0 Å². The fourth-order valence-electron chi connectivity index (χ4n) is 2.46. The minimum Gasteiger partial charge on any atom is -0.325 e. The van der Waals surface area contributed by atoms with Gasteiger partial charge in [0.25, 0.3) is 0 Å². The molecule has 3 aromatic rings. The first-order valence-electron chi connectivity index (χ1n) is 6.84. The van der Waals surface area contributed by atoms with Crippen molar-refractivity contribution in [1.82, 2.24) is 19.3 Å². The maximum absolute atomic E-state index is 13.9. The molecule has 0 radical (unpaired) electrons. The van der Waals surface area contributed by atoms with Crippen molar-refractivity contribution in [3.8, 4) is 0 Å². The van der Waals surface area contributed by atoms with Crippen molar-refractivity contribution in [2.45, 2.75) is 32.3 Å². The van der Waals surface area contributed by atoms with E-state index in [1.807, 2.05) is 41.6 Å². The Morgan fingerprint density at radius 1 is 1.33 bits per heavy atom. The smallest absolute Gasteiger partial charge is 0.151 e. The average molecular weight is 307 g/mol. The summed E-state index contributed by atoms with van der Waals surface area (Å²) in [5.74, 6) is 0.361. The number of fused-ring (bicyclic) bond motifs is 1. The number of alkyl halides is 1. The molecule has 0 saturated carbocycles. The lowest BCUT2D eigenvalue weighted by atomic mass is 10.3. The van der Waals surface area contributed by atoms with Crippen LogP contribution in [-0.2, 0) is 13.1 Å². The zero-order valence-corrected chi connectivity index (χ0v) is 12.7. The maximum Gasteiger partial charge on any atom is 0.151 e. The van der Waals surface area contributed by atoms with Crippen molar-refractivity contribution in [1.29, 1.82) is 0 Å². The molecule has 2 heterocycles. The molecule has 0 bridgehead atoms. The van der Waals surface area contributed by atoms with Gasteiger partial charge in [-0.1, -0.05) is 6.07 Å². The van der Waals surface area contributed by atoms with Gasteiger partial charge < -0.3 is 4.57 Å². The summed E-state index contributed by atoms with van der Waals surface area (Å²) in [5.41, 5.74) is 2.25. The first kappa shape index (κ1) is 14.1. The summed E-state index contributed by atoms with van der Waals surface area (Å²) < 4.78 is 17.7. The largest absolute Gasteiger partial charge is 0.325 e. The fraction of sp³-hybridized carbons (Fsp3) is 0.333. The van der Waals surface area contributed by atoms with Crippen molar-refractivity contribution >= 4 is 22.6 Å². The molecule has 0 saturated heterocycles. The standard InChI is InChI=1S/C15H16ClFN4/c1-10-8-18-20(9-10)6-7-21-13-5-3-4-12(17)14(13)19-15(21)11(2)16/h3-5,8-9,11H,6-7H2,1-2H3. The molecule has 2 aromatic heterocycles. The number of imidazole rings is 1. The number of aromatic nitrogens is 4. The molecular formula is C15H16ClFN4. The van der Waals surface area contributed by atoms with Crippen LogP contribution in [0.5, 0.6) is 0 Å². The Morgan fingerprint density at radius 2 is 2.14 bits per heavy atom. The Labute approximate surface area is 127 Å². The minimum atomic E-state index is -0.320. The van der Waals surface area contributed by atoms with Crippen LogP contribution in [0, 0.1) is 12.7 Å². The fourth-order valence-corrected chi connectivity index (χ4v) is 2.63. The zero-order valence-electron chi connectivity index (χ0n) is 11.9. The summed E-state index contributed by atoms with van der Waals surface area (Å²) in [6, 6.07) is 4.97. The number of hydrogen-bond acceptors (Lipinski definition) is 2. The van der Waals surface area contributed by atoms with Crippen molar-refractivity contribution < 1.29 is 4.39 Å². The normalized spacial score (nSPS) is 13.0. The van der Waals surface area contributed by atoms with E-state index in [-0.39, 0.29) is 11.2 Å². The molecule has 0 fully saturated rings. The molecular weight excluding hydrogens is 291 g/mol. The van der Waals surface area contributed by atoms with E-state index >= 15 is 0 Å². The molecule has 0 aliphatic carbocycles. The van der Waals surface area contributed by atoms with Crippen LogP contribution >= 0.6 is 11.6 Å². The van der Waals surface area contributed by atoms with Crippen LogP contribution in [0.15, 0.2) is 30.6 Å². The van der Waals surface area contributed by atoms with Crippen LogP contribution in [0.4, 0.5) is 4.39 Å². The van der Waals surface area contributed by atoms with Gasteiger partial charge in [0.05, 0.1) is 23.6 Å². The van der Waals surface area contributed by atoms with Gasteiger partial charge >= 0.3 is 0 Å². The minimum absolute atomic E-state index is 0.281. The summed E-state index contributed by atoms with van der Waals surface area (Å²) in [5, 5.41) is 3.98. The van der Waals surface area contributed by atoms with Crippen LogP contribution in [0.25, 0.3) is 11.0 Å². The number of aryl methyl sites for hydroxylation is 3. The van der Waals surface area contributed by atoms with Crippen molar-refractivity contribution in [2.75, 3.05) is 0 Å². The molecule has 0 aliphatic heterocycles. The first-order chi connectivity index (χ1) is 10.1. The van der Waals surface area contributed by atoms with E-state index in [0.29, 0.717) is 24.4 Å². The highest BCUT2D eigenvalue weighted by Crippen LogP contribution is 2.26. The Bertz CT molecular complexity index is 775. The number of halogens is 2. The monoisotopic (exact) mass is 306 g/mol. The van der Waals surface area contributed by atoms with Crippen LogP contribution < -0.4 is 0 Å². The van der Waals surface area contributed by atoms with Gasteiger partial charge in [0.15, 0.2) is 5.82 Å². The average Bonchev–Trinajstić information content (AvgIpc) is 3.01. The van der Waals surface area contributed by atoms with Gasteiger partial charge in [-0.3, -0.25) is 4.68 Å². The quantitative estimate of drug-likeness (QED) is 0.689. The lowest BCUT2D eigenvalue weighted by molar-refractivity contribution is 0.528. The second-order valence-electron chi connectivity index (χ2n) is 5.13. The van der Waals surface area contributed by atoms with E-state index in [4.69, 9.17) is 11.6 Å². The molecule has 1 atom stereocenters. The summed E-state index contributed by atoms with van der Waals surface area (Å²) in [4.78, 5) is 4.36. The molecule has 0 aliphatic rings. The summed E-state index contributed by atoms with van der Waals surface area (Å²) in [7, 11) is 0. The Balaban J connectivity index is 1.99. The van der Waals surface area contributed by atoms with E-state index in [2.05, 4.69) is 10.1 Å². The SMILES string of the molecule is Cc1cnn(CCn2c(C(C)Cl)nc3c(F)cccc32)c1. The molecule has 4 nitrogen and oxygen atoms in total. The van der Waals surface area contributed by atoms with Gasteiger partial charge in [-0.05, 0) is 31.5 Å². The third kappa shape index (κ3) is 2.65. The Kier molecular flexibility index (Phi) is 3.68. The molecule has 110 valence electrons. The molecule has 6 heteroatoms. The highest BCUT2D eigenvalue weighted by atomic mass is 35.5. The molecule has 1 unspecified atom stereocenters. The van der Waals surface area contributed by atoms with Gasteiger partial charge in [0.1, 0.15) is 11.3 Å². The van der Waals surface area contributed by atoms with E-state index in [1.54, 1.807) is 6.07 Å². The second-order valence-corrected chi connectivity index (χ2v) is 5.78. The highest BCUT2D eigenvalue weighted by molar-refractivity contribution is 6.20. The first-order valence-corrected chi connectivity index (χ1v) is 7.27. The second kappa shape index (κ2) is 5.48. The molecule has 3 rings (SSSR count). The van der Waals surface area contributed by atoms with Gasteiger partial charge in [-0.25, -0.2) is 9.37 Å². The predicted octanol–water partition coefficient (Wildman–Crippen LogP) is 3.68. The summed E-state index contributed by atoms with van der Waals surface area (Å²) in [6.07, 6.45) is 3.79. The molecule has 1 aromatic carbocycles. The van der Waals surface area contributed by atoms with E-state index in [0.717, 1.165) is 11.1 Å². The van der Waals surface area contributed by atoms with Crippen LogP contribution in [0.1, 0.15) is 23.7 Å². The Morgan fingerprint density at radius 3 is 2.81 bits per heavy atom. The van der Waals surface area contributed by atoms with Crippen molar-refractivity contribution in [3.63, 3.8) is 0 Å². The van der Waals surface area contributed by atoms with Gasteiger partial charge in [0, 0.05) is 12.7 Å². The van der Waals surface area contributed by atoms with Crippen molar-refractivity contribution in [2.24, 2.45) is 0 Å². The number of para-hydroxylation sites is 1. The number of benzene rings is 1. The third-order valence-electron chi connectivity index (χ3n) is 3.43. The number of nitrogens with zero attached hydrogens (tertiary/aromatic N) is 4. The molecule has 0 N–H and O–H groups in total. The highest BCUT2D eigenvalue weighted by Gasteiger charge is 2.17. The van der Waals surface area contributed by atoms with E-state index in [1.165, 1.54) is 6.07 Å². The van der Waals surface area contributed by atoms with Crippen molar-refractivity contribution in [3.05, 3.63) is 47.8 Å². The predicted molar refractivity (Wildman–Crippen MR) is 80.9 cm³/mol. The summed E-state index contributed by atoms with van der Waals surface area (Å²) >= 11 is 6.19. The molecule has 0 amide bonds. The van der Waals surface area contributed by atoms with Crippen LogP contribution in [0.2, 0.25) is 0 Å². The molecule has 0 spiro atoms. The van der Waals surface area contributed by atoms with E-state index < -0.39 is 0 Å². The van der Waals surface area contributed by atoms with Crippen LogP contribution in [-0.4, -0.2) is 19.3 Å². The lowest BCUT2D eigenvalue weighted by Crippen LogP contribution is -2.11. The zero-order chi connectivity index (χ0) is 15.0. The lowest BCUT2D eigenvalue weighted by Gasteiger charge is -2.10. The topological polar surface area (TPSA) is 35.6 Å².